The zero-order chi connectivity index (χ0) is 24.1. The first-order valence-electron chi connectivity index (χ1n) is 10.0. The number of morpholine rings is 1. The number of non-ortho nitro benzene ring substituents is 1. The van der Waals surface area contributed by atoms with Crippen LogP contribution in [0.4, 0.5) is 22.7 Å². The van der Waals surface area contributed by atoms with Crippen molar-refractivity contribution >= 4 is 34.6 Å². The summed E-state index contributed by atoms with van der Waals surface area (Å²) in [5.74, 6) is -1.71. The first-order chi connectivity index (χ1) is 15.7. The first kappa shape index (κ1) is 23.6. The molecule has 2 aromatic carbocycles. The fraction of sp³-hybridized carbons (Fsp3) is 0.333. The van der Waals surface area contributed by atoms with E-state index in [1.165, 1.54) is 24.3 Å². The molecule has 0 spiro atoms. The SMILES string of the molecule is Cc1cc(NC(=O)COC(=O)c2cc([N+](=O)[O-])ccc2N2CCOCC2)c([N+](=O)[O-])cc1C. The molecule has 3 rings (SSSR count). The zero-order valence-corrected chi connectivity index (χ0v) is 18.0. The maximum absolute atomic E-state index is 12.7. The number of nitro benzene ring substituents is 2. The molecule has 1 aliphatic rings. The molecule has 0 radical (unpaired) electrons. The standard InChI is InChI=1S/C21H22N4O8/c1-13-9-17(19(25(30)31)10-14(13)2)22-20(26)12-33-21(27)16-11-15(24(28)29)3-4-18(16)23-5-7-32-8-6-23/h3-4,9-11H,5-8,12H2,1-2H3,(H,22,26). The van der Waals surface area contributed by atoms with Gasteiger partial charge in [0.2, 0.25) is 0 Å². The van der Waals surface area contributed by atoms with E-state index in [0.717, 1.165) is 11.6 Å². The summed E-state index contributed by atoms with van der Waals surface area (Å²) < 4.78 is 10.4. The van der Waals surface area contributed by atoms with Gasteiger partial charge in [-0.05, 0) is 37.1 Å². The topological polar surface area (TPSA) is 154 Å². The number of rotatable bonds is 7. The highest BCUT2D eigenvalue weighted by molar-refractivity contribution is 6.00. The van der Waals surface area contributed by atoms with Crippen molar-refractivity contribution in [3.63, 3.8) is 0 Å². The molecular formula is C21H22N4O8. The Morgan fingerprint density at radius 1 is 1.06 bits per heavy atom. The molecule has 1 fully saturated rings. The molecule has 12 heteroatoms. The maximum atomic E-state index is 12.7. The summed E-state index contributed by atoms with van der Waals surface area (Å²) in [6, 6.07) is 6.64. The summed E-state index contributed by atoms with van der Waals surface area (Å²) in [6.45, 7) is 4.55. The van der Waals surface area contributed by atoms with Crippen LogP contribution in [0.3, 0.4) is 0 Å². The highest BCUT2D eigenvalue weighted by Gasteiger charge is 2.24. The molecule has 1 saturated heterocycles. The lowest BCUT2D eigenvalue weighted by molar-refractivity contribution is -0.384. The van der Waals surface area contributed by atoms with Gasteiger partial charge in [-0.25, -0.2) is 4.79 Å². The van der Waals surface area contributed by atoms with Crippen LogP contribution in [0.15, 0.2) is 30.3 Å². The Hall–Kier alpha value is -4.06. The maximum Gasteiger partial charge on any atom is 0.341 e. The van der Waals surface area contributed by atoms with Gasteiger partial charge in [-0.15, -0.1) is 0 Å². The van der Waals surface area contributed by atoms with Gasteiger partial charge in [0.1, 0.15) is 5.69 Å². The predicted molar refractivity (Wildman–Crippen MR) is 118 cm³/mol. The van der Waals surface area contributed by atoms with Crippen LogP contribution in [-0.4, -0.2) is 54.6 Å². The average Bonchev–Trinajstić information content (AvgIpc) is 2.79. The van der Waals surface area contributed by atoms with Crippen LogP contribution in [0, 0.1) is 34.1 Å². The van der Waals surface area contributed by atoms with Gasteiger partial charge in [0.25, 0.3) is 17.3 Å². The predicted octanol–water partition coefficient (Wildman–Crippen LogP) is 2.75. The van der Waals surface area contributed by atoms with Gasteiger partial charge in [-0.3, -0.25) is 25.0 Å². The van der Waals surface area contributed by atoms with Crippen LogP contribution in [-0.2, 0) is 14.3 Å². The third-order valence-electron chi connectivity index (χ3n) is 5.18. The molecule has 2 aromatic rings. The molecule has 0 atom stereocenters. The lowest BCUT2D eigenvalue weighted by atomic mass is 10.1. The molecule has 33 heavy (non-hydrogen) atoms. The molecule has 0 bridgehead atoms. The highest BCUT2D eigenvalue weighted by Crippen LogP contribution is 2.29. The zero-order valence-electron chi connectivity index (χ0n) is 18.0. The lowest BCUT2D eigenvalue weighted by Crippen LogP contribution is -2.37. The summed E-state index contributed by atoms with van der Waals surface area (Å²) in [6.07, 6.45) is 0. The smallest absolute Gasteiger partial charge is 0.341 e. The van der Waals surface area contributed by atoms with Crippen molar-refractivity contribution in [1.29, 1.82) is 0 Å². The van der Waals surface area contributed by atoms with Crippen LogP contribution in [0.2, 0.25) is 0 Å². The number of benzene rings is 2. The minimum absolute atomic E-state index is 0.0199. The van der Waals surface area contributed by atoms with E-state index < -0.39 is 28.3 Å². The van der Waals surface area contributed by atoms with Crippen molar-refractivity contribution in [3.8, 4) is 0 Å². The molecule has 1 amide bonds. The fourth-order valence-corrected chi connectivity index (χ4v) is 3.33. The van der Waals surface area contributed by atoms with Gasteiger partial charge >= 0.3 is 5.97 Å². The van der Waals surface area contributed by atoms with Crippen molar-refractivity contribution in [2.75, 3.05) is 43.1 Å². The van der Waals surface area contributed by atoms with Crippen molar-refractivity contribution in [1.82, 2.24) is 0 Å². The number of hydrogen-bond acceptors (Lipinski definition) is 9. The van der Waals surface area contributed by atoms with E-state index >= 15 is 0 Å². The van der Waals surface area contributed by atoms with E-state index in [9.17, 15) is 29.8 Å². The number of anilines is 2. The van der Waals surface area contributed by atoms with E-state index in [1.54, 1.807) is 13.8 Å². The molecule has 1 N–H and O–H groups in total. The minimum Gasteiger partial charge on any atom is -0.452 e. The quantitative estimate of drug-likeness (QED) is 0.374. The van der Waals surface area contributed by atoms with Crippen LogP contribution >= 0.6 is 0 Å². The second-order valence-electron chi connectivity index (χ2n) is 7.39. The molecular weight excluding hydrogens is 436 g/mol. The van der Waals surface area contributed by atoms with Crippen LogP contribution < -0.4 is 10.2 Å². The van der Waals surface area contributed by atoms with Crippen molar-refractivity contribution in [2.24, 2.45) is 0 Å². The molecule has 1 aliphatic heterocycles. The minimum atomic E-state index is -0.926. The number of carbonyl (C=O) groups excluding carboxylic acids is 2. The van der Waals surface area contributed by atoms with Crippen LogP contribution in [0.5, 0.6) is 0 Å². The number of amides is 1. The van der Waals surface area contributed by atoms with E-state index in [0.29, 0.717) is 37.6 Å². The largest absolute Gasteiger partial charge is 0.452 e. The monoisotopic (exact) mass is 458 g/mol. The Kier molecular flexibility index (Phi) is 7.18. The molecule has 174 valence electrons. The summed E-state index contributed by atoms with van der Waals surface area (Å²) in [4.78, 5) is 48.1. The molecule has 12 nitrogen and oxygen atoms in total. The van der Waals surface area contributed by atoms with Crippen molar-refractivity contribution in [2.45, 2.75) is 13.8 Å². The molecule has 0 unspecified atom stereocenters. The van der Waals surface area contributed by atoms with Gasteiger partial charge in [0.05, 0.1) is 34.3 Å². The number of aryl methyl sites for hydroxylation is 2. The van der Waals surface area contributed by atoms with Crippen LogP contribution in [0.1, 0.15) is 21.5 Å². The third kappa shape index (κ3) is 5.60. The molecule has 0 saturated carbocycles. The number of carbonyl (C=O) groups is 2. The van der Waals surface area contributed by atoms with E-state index in [2.05, 4.69) is 5.32 Å². The Morgan fingerprint density at radius 3 is 2.36 bits per heavy atom. The summed E-state index contributed by atoms with van der Waals surface area (Å²) in [5, 5.41) is 24.8. The average molecular weight is 458 g/mol. The summed E-state index contributed by atoms with van der Waals surface area (Å²) >= 11 is 0. The molecule has 1 heterocycles. The first-order valence-corrected chi connectivity index (χ1v) is 10.0. The second-order valence-corrected chi connectivity index (χ2v) is 7.39. The Morgan fingerprint density at radius 2 is 1.73 bits per heavy atom. The summed E-state index contributed by atoms with van der Waals surface area (Å²) in [5.41, 5.74) is 1.19. The normalized spacial score (nSPS) is 13.3. The summed E-state index contributed by atoms with van der Waals surface area (Å²) in [7, 11) is 0. The van der Waals surface area contributed by atoms with Gasteiger partial charge in [-0.1, -0.05) is 0 Å². The fourth-order valence-electron chi connectivity index (χ4n) is 3.33. The van der Waals surface area contributed by atoms with E-state index in [1.807, 2.05) is 4.90 Å². The number of nitrogens with one attached hydrogen (secondary N) is 1. The Bertz CT molecular complexity index is 1110. The highest BCUT2D eigenvalue weighted by atomic mass is 16.6. The Balaban J connectivity index is 1.76. The van der Waals surface area contributed by atoms with Gasteiger partial charge < -0.3 is 19.7 Å². The Labute approximate surface area is 188 Å². The van der Waals surface area contributed by atoms with E-state index in [4.69, 9.17) is 9.47 Å². The number of nitrogens with zero attached hydrogens (tertiary/aromatic N) is 3. The van der Waals surface area contributed by atoms with Gasteiger partial charge in [0, 0.05) is 31.3 Å². The van der Waals surface area contributed by atoms with Crippen LogP contribution in [0.25, 0.3) is 0 Å². The third-order valence-corrected chi connectivity index (χ3v) is 5.18. The molecule has 0 aliphatic carbocycles. The van der Waals surface area contributed by atoms with Gasteiger partial charge in [-0.2, -0.15) is 0 Å². The van der Waals surface area contributed by atoms with Crippen molar-refractivity contribution in [3.05, 3.63) is 67.3 Å². The number of nitro groups is 2. The van der Waals surface area contributed by atoms with E-state index in [-0.39, 0.29) is 22.6 Å². The van der Waals surface area contributed by atoms with Gasteiger partial charge in [0.15, 0.2) is 6.61 Å². The number of hydrogen-bond donors (Lipinski definition) is 1. The lowest BCUT2D eigenvalue weighted by Gasteiger charge is -2.30. The molecule has 0 aromatic heterocycles. The number of esters is 1. The number of ether oxygens (including phenoxy) is 2. The second kappa shape index (κ2) is 10.0. The van der Waals surface area contributed by atoms with Crippen molar-refractivity contribution < 1.29 is 28.9 Å².